The molecule has 0 unspecified atom stereocenters. The van der Waals surface area contributed by atoms with Gasteiger partial charge in [0.05, 0.1) is 0 Å². The van der Waals surface area contributed by atoms with Crippen molar-refractivity contribution in [2.75, 3.05) is 6.26 Å². The lowest BCUT2D eigenvalue weighted by atomic mass is 9.87. The van der Waals surface area contributed by atoms with Gasteiger partial charge in [-0.1, -0.05) is 57.2 Å². The largest absolute Gasteiger partial charge is 0.455 e. The van der Waals surface area contributed by atoms with Crippen LogP contribution in [0.2, 0.25) is 0 Å². The van der Waals surface area contributed by atoms with E-state index in [4.69, 9.17) is 4.74 Å². The van der Waals surface area contributed by atoms with Crippen molar-refractivity contribution in [2.24, 2.45) is 0 Å². The maximum atomic E-state index is 6.19. The van der Waals surface area contributed by atoms with E-state index in [1.165, 1.54) is 20.2 Å². The normalized spacial score (nSPS) is 16.3. The highest BCUT2D eigenvalue weighted by Gasteiger charge is 2.35. The summed E-state index contributed by atoms with van der Waals surface area (Å²) >= 11 is 0. The lowest BCUT2D eigenvalue weighted by Crippen LogP contribution is -2.12. The minimum absolute atomic E-state index is 0.167. The fourth-order valence-corrected chi connectivity index (χ4v) is 6.61. The molecule has 0 saturated heterocycles. The van der Waals surface area contributed by atoms with Crippen LogP contribution in [0.3, 0.4) is 0 Å². The number of fused-ring (bicyclic) bond motifs is 2. The first-order chi connectivity index (χ1) is 11.9. The highest BCUT2D eigenvalue weighted by molar-refractivity contribution is 8.33. The van der Waals surface area contributed by atoms with Crippen LogP contribution in [-0.2, 0) is 5.41 Å². The Morgan fingerprint density at radius 2 is 1.16 bits per heavy atom. The fraction of sp³-hybridized carbons (Fsp3) is 0.217. The molecule has 3 aromatic rings. The van der Waals surface area contributed by atoms with Gasteiger partial charge in [0.15, 0.2) is 0 Å². The van der Waals surface area contributed by atoms with Crippen LogP contribution >= 0.6 is 10.0 Å². The first kappa shape index (κ1) is 16.3. The summed E-state index contributed by atoms with van der Waals surface area (Å²) in [5, 5.41) is 0. The van der Waals surface area contributed by atoms with Gasteiger partial charge >= 0.3 is 0 Å². The SMILES string of the molecule is CC(C)(C)c1ccc(S2(C)c3ccccc3Oc3ccccc32)cc1. The first-order valence-corrected chi connectivity index (χ1v) is 10.7. The average molecular weight is 349 g/mol. The molecule has 0 atom stereocenters. The third-order valence-electron chi connectivity index (χ3n) is 4.99. The second kappa shape index (κ2) is 5.67. The molecule has 3 aromatic carbocycles. The molecule has 1 aliphatic rings. The highest BCUT2D eigenvalue weighted by Crippen LogP contribution is 2.72. The third-order valence-corrected chi connectivity index (χ3v) is 8.64. The topological polar surface area (TPSA) is 9.23 Å². The summed E-state index contributed by atoms with van der Waals surface area (Å²) in [6.45, 7) is 6.78. The maximum Gasteiger partial charge on any atom is 0.140 e. The second-order valence-electron chi connectivity index (χ2n) is 7.69. The molecular formula is C23H24OS. The van der Waals surface area contributed by atoms with Crippen LogP contribution in [0.5, 0.6) is 11.5 Å². The minimum atomic E-state index is -1.32. The molecule has 0 N–H and O–H groups in total. The predicted octanol–water partition coefficient (Wildman–Crippen LogP) is 7.00. The Bertz CT molecular complexity index is 874. The van der Waals surface area contributed by atoms with Gasteiger partial charge < -0.3 is 4.74 Å². The average Bonchev–Trinajstić information content (AvgIpc) is 2.61. The van der Waals surface area contributed by atoms with Gasteiger partial charge in [0.2, 0.25) is 0 Å². The molecule has 0 bridgehead atoms. The molecule has 1 nitrogen and oxygen atoms in total. The van der Waals surface area contributed by atoms with E-state index in [0.717, 1.165) is 11.5 Å². The Balaban J connectivity index is 1.94. The van der Waals surface area contributed by atoms with Crippen LogP contribution in [0.4, 0.5) is 0 Å². The summed E-state index contributed by atoms with van der Waals surface area (Å²) in [6.07, 6.45) is 2.39. The molecule has 0 spiro atoms. The predicted molar refractivity (Wildman–Crippen MR) is 106 cm³/mol. The molecule has 0 amide bonds. The van der Waals surface area contributed by atoms with Crippen molar-refractivity contribution in [1.29, 1.82) is 0 Å². The van der Waals surface area contributed by atoms with Crippen LogP contribution in [-0.4, -0.2) is 6.26 Å². The van der Waals surface area contributed by atoms with Gasteiger partial charge in [-0.05, 0) is 58.5 Å². The van der Waals surface area contributed by atoms with Crippen molar-refractivity contribution in [1.82, 2.24) is 0 Å². The molecule has 128 valence electrons. The van der Waals surface area contributed by atoms with Crippen LogP contribution in [0.15, 0.2) is 87.5 Å². The number of hydrogen-bond acceptors (Lipinski definition) is 1. The molecule has 0 aliphatic carbocycles. The fourth-order valence-electron chi connectivity index (χ4n) is 3.46. The van der Waals surface area contributed by atoms with Crippen molar-refractivity contribution in [2.45, 2.75) is 40.9 Å². The lowest BCUT2D eigenvalue weighted by Gasteiger charge is -2.42. The molecule has 4 rings (SSSR count). The van der Waals surface area contributed by atoms with Gasteiger partial charge in [-0.25, -0.2) is 0 Å². The van der Waals surface area contributed by atoms with E-state index in [1.54, 1.807) is 0 Å². The molecule has 0 radical (unpaired) electrons. The van der Waals surface area contributed by atoms with Gasteiger partial charge in [-0.15, -0.1) is 0 Å². The zero-order chi connectivity index (χ0) is 17.7. The van der Waals surface area contributed by atoms with Gasteiger partial charge in [0.1, 0.15) is 11.5 Å². The Labute approximate surface area is 152 Å². The Hall–Kier alpha value is -2.19. The molecule has 2 heteroatoms. The van der Waals surface area contributed by atoms with Gasteiger partial charge in [0.25, 0.3) is 0 Å². The molecule has 0 saturated carbocycles. The molecule has 25 heavy (non-hydrogen) atoms. The van der Waals surface area contributed by atoms with E-state index in [-0.39, 0.29) is 5.41 Å². The van der Waals surface area contributed by atoms with E-state index in [9.17, 15) is 0 Å². The monoisotopic (exact) mass is 348 g/mol. The smallest absolute Gasteiger partial charge is 0.140 e. The number of hydrogen-bond donors (Lipinski definition) is 0. The number of para-hydroxylation sites is 2. The highest BCUT2D eigenvalue weighted by atomic mass is 32.3. The second-order valence-corrected chi connectivity index (χ2v) is 10.9. The van der Waals surface area contributed by atoms with Crippen LogP contribution in [0.25, 0.3) is 0 Å². The molecule has 0 aromatic heterocycles. The van der Waals surface area contributed by atoms with Crippen molar-refractivity contribution in [3.63, 3.8) is 0 Å². The summed E-state index contributed by atoms with van der Waals surface area (Å²) in [7, 11) is -1.32. The Morgan fingerprint density at radius 1 is 0.680 bits per heavy atom. The molecule has 1 heterocycles. The first-order valence-electron chi connectivity index (χ1n) is 8.65. The number of benzene rings is 3. The quantitative estimate of drug-likeness (QED) is 0.460. The third kappa shape index (κ3) is 2.56. The summed E-state index contributed by atoms with van der Waals surface area (Å²) < 4.78 is 6.19. The van der Waals surface area contributed by atoms with Gasteiger partial charge in [-0.2, -0.15) is 10.0 Å². The molecular weight excluding hydrogens is 324 g/mol. The Kier molecular flexibility index (Phi) is 3.69. The summed E-state index contributed by atoms with van der Waals surface area (Å²) in [5.74, 6) is 1.97. The van der Waals surface area contributed by atoms with Crippen LogP contribution in [0, 0.1) is 0 Å². The lowest BCUT2D eigenvalue weighted by molar-refractivity contribution is 0.452. The van der Waals surface area contributed by atoms with E-state index < -0.39 is 10.0 Å². The standard InChI is InChI=1S/C23H24OS/c1-23(2,3)17-13-15-18(16-14-17)25(4)21-11-7-5-9-19(21)24-20-10-6-8-12-22(20)25/h5-16H,1-4H3. The van der Waals surface area contributed by atoms with E-state index in [1.807, 2.05) is 0 Å². The van der Waals surface area contributed by atoms with Gasteiger partial charge in [-0.3, -0.25) is 0 Å². The zero-order valence-electron chi connectivity index (χ0n) is 15.2. The summed E-state index contributed by atoms with van der Waals surface area (Å²) in [5.41, 5.74) is 1.54. The van der Waals surface area contributed by atoms with Crippen LogP contribution < -0.4 is 4.74 Å². The zero-order valence-corrected chi connectivity index (χ0v) is 16.1. The van der Waals surface area contributed by atoms with Crippen molar-refractivity contribution in [3.8, 4) is 11.5 Å². The number of ether oxygens (including phenoxy) is 1. The summed E-state index contributed by atoms with van der Waals surface area (Å²) in [6, 6.07) is 26.1. The van der Waals surface area contributed by atoms with E-state index in [2.05, 4.69) is 99.8 Å². The minimum Gasteiger partial charge on any atom is -0.455 e. The van der Waals surface area contributed by atoms with E-state index >= 15 is 0 Å². The maximum absolute atomic E-state index is 6.19. The van der Waals surface area contributed by atoms with E-state index in [0.29, 0.717) is 0 Å². The number of rotatable bonds is 1. The Morgan fingerprint density at radius 3 is 1.64 bits per heavy atom. The van der Waals surface area contributed by atoms with Crippen LogP contribution in [0.1, 0.15) is 26.3 Å². The van der Waals surface area contributed by atoms with Gasteiger partial charge in [0, 0.05) is 9.79 Å². The van der Waals surface area contributed by atoms with Crippen molar-refractivity contribution in [3.05, 3.63) is 78.4 Å². The van der Waals surface area contributed by atoms with Crippen molar-refractivity contribution < 1.29 is 4.74 Å². The van der Waals surface area contributed by atoms with Crippen molar-refractivity contribution >= 4 is 10.0 Å². The molecule has 0 fully saturated rings. The molecule has 1 aliphatic heterocycles. The summed E-state index contributed by atoms with van der Waals surface area (Å²) in [4.78, 5) is 3.98.